The maximum absolute atomic E-state index is 12.1. The molecular weight excluding hydrogens is 429 g/mol. The second kappa shape index (κ2) is 12.9. The van der Waals surface area contributed by atoms with E-state index in [0.29, 0.717) is 19.1 Å². The van der Waals surface area contributed by atoms with Gasteiger partial charge < -0.3 is 13.8 Å². The molecule has 1 aliphatic carbocycles. The Labute approximate surface area is 190 Å². The highest BCUT2D eigenvalue weighted by molar-refractivity contribution is 7.45. The molecule has 2 N–H and O–H groups in total. The number of H-pyrrole nitrogens is 1. The minimum atomic E-state index is -1.35. The molecular formula is C23H34N3O5P. The first-order chi connectivity index (χ1) is 15.5. The van der Waals surface area contributed by atoms with Crippen LogP contribution < -0.4 is 20.9 Å². The molecule has 1 aromatic heterocycles. The minimum Gasteiger partial charge on any atom is -0.436 e. The molecule has 176 valence electrons. The molecule has 2 aromatic rings. The molecule has 0 spiro atoms. The molecule has 1 saturated carbocycles. The lowest BCUT2D eigenvalue weighted by molar-refractivity contribution is 0.0425. The summed E-state index contributed by atoms with van der Waals surface area (Å²) in [5, 5.41) is 3.59. The van der Waals surface area contributed by atoms with Gasteiger partial charge in [0, 0.05) is 31.5 Å². The maximum atomic E-state index is 12.1. The lowest BCUT2D eigenvalue weighted by Crippen LogP contribution is -2.33. The highest BCUT2D eigenvalue weighted by atomic mass is 31.2. The van der Waals surface area contributed by atoms with Gasteiger partial charge in [0.15, 0.2) is 0 Å². The minimum absolute atomic E-state index is 0.163. The van der Waals surface area contributed by atoms with Gasteiger partial charge in [-0.3, -0.25) is 14.3 Å². The second-order valence-corrected chi connectivity index (χ2v) is 9.45. The average Bonchev–Trinajstić information content (AvgIpc) is 3.05. The van der Waals surface area contributed by atoms with Crippen LogP contribution in [0.25, 0.3) is 0 Å². The maximum Gasteiger partial charge on any atom is 0.328 e. The molecule has 1 fully saturated rings. The Morgan fingerprint density at radius 3 is 2.50 bits per heavy atom. The molecule has 1 heterocycles. The summed E-state index contributed by atoms with van der Waals surface area (Å²) in [6.45, 7) is 2.25. The van der Waals surface area contributed by atoms with E-state index in [2.05, 4.69) is 10.1 Å². The van der Waals surface area contributed by atoms with Crippen LogP contribution in [-0.2, 0) is 9.26 Å². The standard InChI is InChI=1S/C23H34N3O5P/c1-18(26-15-14-22(27)24-23(26)28)16-21(29-2)17-30-32(31-20-12-8-5-9-13-20)25-19-10-6-3-4-7-11-19/h5,8-9,12-15,18-19,21,25H,3-4,6-7,10-11,16-17H2,1-2H3,(H,24,27,28). The largest absolute Gasteiger partial charge is 0.436 e. The smallest absolute Gasteiger partial charge is 0.328 e. The van der Waals surface area contributed by atoms with Crippen molar-refractivity contribution in [3.05, 3.63) is 63.4 Å². The fourth-order valence-corrected chi connectivity index (χ4v) is 5.23. The fraction of sp³-hybridized carbons (Fsp3) is 0.565. The van der Waals surface area contributed by atoms with Gasteiger partial charge in [0.2, 0.25) is 0 Å². The number of para-hydroxylation sites is 1. The van der Waals surface area contributed by atoms with E-state index in [-0.39, 0.29) is 12.1 Å². The number of hydrogen-bond acceptors (Lipinski definition) is 6. The topological polar surface area (TPSA) is 94.6 Å². The Morgan fingerprint density at radius 1 is 1.12 bits per heavy atom. The van der Waals surface area contributed by atoms with Crippen LogP contribution in [0.2, 0.25) is 0 Å². The summed E-state index contributed by atoms with van der Waals surface area (Å²) in [7, 11) is 0.289. The van der Waals surface area contributed by atoms with Crippen molar-refractivity contribution in [2.24, 2.45) is 0 Å². The summed E-state index contributed by atoms with van der Waals surface area (Å²) < 4.78 is 19.5. The summed E-state index contributed by atoms with van der Waals surface area (Å²) in [5.41, 5.74) is -0.830. The van der Waals surface area contributed by atoms with Crippen LogP contribution in [0.15, 0.2) is 52.2 Å². The van der Waals surface area contributed by atoms with Gasteiger partial charge in [-0.15, -0.1) is 0 Å². The van der Waals surface area contributed by atoms with E-state index in [1.807, 2.05) is 37.3 Å². The van der Waals surface area contributed by atoms with Crippen molar-refractivity contribution in [2.75, 3.05) is 13.7 Å². The zero-order chi connectivity index (χ0) is 22.8. The molecule has 9 heteroatoms. The molecule has 32 heavy (non-hydrogen) atoms. The fourth-order valence-electron chi connectivity index (χ4n) is 3.88. The second-order valence-electron chi connectivity index (χ2n) is 8.23. The van der Waals surface area contributed by atoms with Crippen molar-refractivity contribution >= 4 is 8.53 Å². The van der Waals surface area contributed by atoms with E-state index in [0.717, 1.165) is 18.6 Å². The van der Waals surface area contributed by atoms with E-state index in [1.165, 1.54) is 42.5 Å². The Hall–Kier alpha value is -1.99. The monoisotopic (exact) mass is 463 g/mol. The van der Waals surface area contributed by atoms with Gasteiger partial charge in [-0.05, 0) is 38.3 Å². The first kappa shape index (κ1) is 24.6. The van der Waals surface area contributed by atoms with E-state index >= 15 is 0 Å². The Bertz CT molecular complexity index is 912. The zero-order valence-corrected chi connectivity index (χ0v) is 19.8. The van der Waals surface area contributed by atoms with E-state index < -0.39 is 19.8 Å². The average molecular weight is 464 g/mol. The van der Waals surface area contributed by atoms with Gasteiger partial charge in [0.25, 0.3) is 5.56 Å². The quantitative estimate of drug-likeness (QED) is 0.384. The van der Waals surface area contributed by atoms with Gasteiger partial charge in [-0.25, -0.2) is 9.88 Å². The molecule has 3 unspecified atom stereocenters. The van der Waals surface area contributed by atoms with Crippen molar-refractivity contribution in [3.8, 4) is 5.75 Å². The summed E-state index contributed by atoms with van der Waals surface area (Å²) >= 11 is 0. The van der Waals surface area contributed by atoms with Gasteiger partial charge in [0.1, 0.15) is 5.75 Å². The third kappa shape index (κ3) is 7.85. The van der Waals surface area contributed by atoms with E-state index in [9.17, 15) is 9.59 Å². The molecule has 0 saturated heterocycles. The molecule has 3 atom stereocenters. The zero-order valence-electron chi connectivity index (χ0n) is 18.9. The van der Waals surface area contributed by atoms with Gasteiger partial charge in [0.05, 0.1) is 12.7 Å². The molecule has 8 nitrogen and oxygen atoms in total. The number of nitrogens with one attached hydrogen (secondary N) is 2. The number of benzene rings is 1. The Balaban J connectivity index is 1.61. The summed E-state index contributed by atoms with van der Waals surface area (Å²) in [6.07, 6.45) is 9.09. The molecule has 1 aromatic carbocycles. The first-order valence-corrected chi connectivity index (χ1v) is 12.5. The predicted octanol–water partition coefficient (Wildman–Crippen LogP) is 4.14. The number of ether oxygens (including phenoxy) is 1. The third-order valence-electron chi connectivity index (χ3n) is 5.72. The van der Waals surface area contributed by atoms with Crippen molar-refractivity contribution in [1.82, 2.24) is 14.6 Å². The first-order valence-electron chi connectivity index (χ1n) is 11.3. The van der Waals surface area contributed by atoms with Crippen molar-refractivity contribution in [1.29, 1.82) is 0 Å². The van der Waals surface area contributed by atoms with Crippen molar-refractivity contribution in [3.63, 3.8) is 0 Å². The lowest BCUT2D eigenvalue weighted by atomic mass is 10.1. The molecule has 3 rings (SSSR count). The summed E-state index contributed by atoms with van der Waals surface area (Å²) in [6, 6.07) is 11.2. The van der Waals surface area contributed by atoms with Crippen LogP contribution in [-0.4, -0.2) is 35.4 Å². The SMILES string of the molecule is COC(COP(NC1CCCCCC1)Oc1ccccc1)CC(C)n1ccc(=O)[nH]c1=O. The number of rotatable bonds is 11. The number of aromatic nitrogens is 2. The highest BCUT2D eigenvalue weighted by Crippen LogP contribution is 2.38. The molecule has 0 bridgehead atoms. The van der Waals surface area contributed by atoms with Crippen LogP contribution >= 0.6 is 8.53 Å². The summed E-state index contributed by atoms with van der Waals surface area (Å²) in [5.74, 6) is 0.766. The van der Waals surface area contributed by atoms with Crippen LogP contribution in [0.1, 0.15) is 57.9 Å². The number of nitrogens with zero attached hydrogens (tertiary/aromatic N) is 1. The van der Waals surface area contributed by atoms with Crippen LogP contribution in [0.3, 0.4) is 0 Å². The van der Waals surface area contributed by atoms with Gasteiger partial charge in [-0.1, -0.05) is 43.9 Å². The number of methoxy groups -OCH3 is 1. The Morgan fingerprint density at radius 2 is 1.84 bits per heavy atom. The normalized spacial score (nSPS) is 17.9. The van der Waals surface area contributed by atoms with Crippen LogP contribution in [0.5, 0.6) is 5.75 Å². The molecule has 0 radical (unpaired) electrons. The van der Waals surface area contributed by atoms with Crippen molar-refractivity contribution in [2.45, 2.75) is 70.1 Å². The predicted molar refractivity (Wildman–Crippen MR) is 126 cm³/mol. The number of hydrogen-bond donors (Lipinski definition) is 2. The molecule has 1 aliphatic rings. The Kier molecular flexibility index (Phi) is 9.93. The molecule has 0 amide bonds. The van der Waals surface area contributed by atoms with Crippen LogP contribution in [0.4, 0.5) is 0 Å². The highest BCUT2D eigenvalue weighted by Gasteiger charge is 2.23. The third-order valence-corrected chi connectivity index (χ3v) is 7.05. The number of aromatic amines is 1. The molecule has 0 aliphatic heterocycles. The lowest BCUT2D eigenvalue weighted by Gasteiger charge is -2.26. The van der Waals surface area contributed by atoms with Crippen molar-refractivity contribution < 1.29 is 13.8 Å². The van der Waals surface area contributed by atoms with Gasteiger partial charge in [-0.2, -0.15) is 0 Å². The van der Waals surface area contributed by atoms with Gasteiger partial charge >= 0.3 is 14.2 Å². The van der Waals surface area contributed by atoms with Crippen LogP contribution in [0, 0.1) is 0 Å². The van der Waals surface area contributed by atoms with E-state index in [1.54, 1.807) is 7.11 Å². The van der Waals surface area contributed by atoms with E-state index in [4.69, 9.17) is 13.8 Å². The summed E-state index contributed by atoms with van der Waals surface area (Å²) in [4.78, 5) is 25.7.